The van der Waals surface area contributed by atoms with Crippen molar-refractivity contribution >= 4 is 28.6 Å². The van der Waals surface area contributed by atoms with E-state index in [1.807, 2.05) is 31.3 Å². The van der Waals surface area contributed by atoms with Crippen molar-refractivity contribution in [3.8, 4) is 0 Å². The van der Waals surface area contributed by atoms with E-state index < -0.39 is 0 Å². The van der Waals surface area contributed by atoms with E-state index in [2.05, 4.69) is 25.3 Å². The number of benzene rings is 1. The van der Waals surface area contributed by atoms with E-state index >= 15 is 0 Å². The quantitative estimate of drug-likeness (QED) is 0.754. The topological polar surface area (TPSA) is 66.5 Å². The van der Waals surface area contributed by atoms with E-state index in [-0.39, 0.29) is 0 Å². The van der Waals surface area contributed by atoms with Gasteiger partial charge in [0.25, 0.3) is 0 Å². The van der Waals surface area contributed by atoms with Crippen LogP contribution in [0, 0.1) is 0 Å². The first-order chi connectivity index (χ1) is 8.85. The maximum Gasteiger partial charge on any atom is 0.172 e. The third-order valence-corrected chi connectivity index (χ3v) is 3.23. The van der Waals surface area contributed by atoms with Crippen LogP contribution >= 0.6 is 11.8 Å². The highest BCUT2D eigenvalue weighted by atomic mass is 32.2. The molecule has 6 heteroatoms. The second kappa shape index (κ2) is 4.66. The summed E-state index contributed by atoms with van der Waals surface area (Å²) < 4.78 is 0. The highest BCUT2D eigenvalue weighted by Gasteiger charge is 2.05. The molecule has 3 aromatic rings. The standard InChI is InChI=1S/C12H11N5S/c1-13-10-6-14-7-11(17-10)18-12-15-8-4-2-3-5-9(8)16-12/h2-7H,1H3,(H,13,17)(H,15,16). The summed E-state index contributed by atoms with van der Waals surface area (Å²) in [6.45, 7) is 0. The summed E-state index contributed by atoms with van der Waals surface area (Å²) in [5, 5.41) is 4.59. The molecule has 5 nitrogen and oxygen atoms in total. The average Bonchev–Trinajstić information content (AvgIpc) is 2.81. The highest BCUT2D eigenvalue weighted by Crippen LogP contribution is 2.25. The van der Waals surface area contributed by atoms with Crippen molar-refractivity contribution in [2.45, 2.75) is 10.2 Å². The van der Waals surface area contributed by atoms with Crippen LogP contribution < -0.4 is 5.32 Å². The van der Waals surface area contributed by atoms with Crippen molar-refractivity contribution in [3.05, 3.63) is 36.7 Å². The van der Waals surface area contributed by atoms with Crippen molar-refractivity contribution in [2.24, 2.45) is 0 Å². The van der Waals surface area contributed by atoms with E-state index in [9.17, 15) is 0 Å². The zero-order chi connectivity index (χ0) is 12.4. The molecule has 2 heterocycles. The van der Waals surface area contributed by atoms with Crippen LogP contribution in [-0.4, -0.2) is 27.0 Å². The third-order valence-electron chi connectivity index (χ3n) is 2.44. The number of nitrogens with one attached hydrogen (secondary N) is 2. The Balaban J connectivity index is 1.91. The Morgan fingerprint density at radius 2 is 2.06 bits per heavy atom. The zero-order valence-electron chi connectivity index (χ0n) is 9.71. The van der Waals surface area contributed by atoms with Crippen LogP contribution in [0.5, 0.6) is 0 Å². The molecule has 0 atom stereocenters. The molecule has 90 valence electrons. The molecular weight excluding hydrogens is 246 g/mol. The number of fused-ring (bicyclic) bond motifs is 1. The molecule has 0 aliphatic rings. The molecule has 1 aromatic carbocycles. The van der Waals surface area contributed by atoms with Crippen LogP contribution in [0.25, 0.3) is 11.0 Å². The number of rotatable bonds is 3. The van der Waals surface area contributed by atoms with Gasteiger partial charge in [-0.05, 0) is 23.9 Å². The fourth-order valence-electron chi connectivity index (χ4n) is 1.59. The van der Waals surface area contributed by atoms with Gasteiger partial charge in [0.15, 0.2) is 5.16 Å². The lowest BCUT2D eigenvalue weighted by molar-refractivity contribution is 1.03. The molecule has 3 rings (SSSR count). The van der Waals surface area contributed by atoms with Crippen molar-refractivity contribution in [1.82, 2.24) is 19.9 Å². The summed E-state index contributed by atoms with van der Waals surface area (Å²) in [6, 6.07) is 7.93. The van der Waals surface area contributed by atoms with E-state index in [0.29, 0.717) is 0 Å². The van der Waals surface area contributed by atoms with Gasteiger partial charge >= 0.3 is 0 Å². The molecule has 0 aliphatic heterocycles. The number of imidazole rings is 1. The van der Waals surface area contributed by atoms with Crippen LogP contribution in [-0.2, 0) is 0 Å². The fourth-order valence-corrected chi connectivity index (χ4v) is 2.36. The molecule has 0 aliphatic carbocycles. The highest BCUT2D eigenvalue weighted by molar-refractivity contribution is 7.99. The number of H-pyrrole nitrogens is 1. The lowest BCUT2D eigenvalue weighted by Gasteiger charge is -2.00. The molecule has 0 radical (unpaired) electrons. The predicted molar refractivity (Wildman–Crippen MR) is 71.8 cm³/mol. The Morgan fingerprint density at radius 1 is 1.17 bits per heavy atom. The van der Waals surface area contributed by atoms with Crippen molar-refractivity contribution in [1.29, 1.82) is 0 Å². The Bertz CT molecular complexity index is 646. The summed E-state index contributed by atoms with van der Waals surface area (Å²) in [7, 11) is 1.82. The minimum Gasteiger partial charge on any atom is -0.372 e. The van der Waals surface area contributed by atoms with Gasteiger partial charge in [0.2, 0.25) is 0 Å². The van der Waals surface area contributed by atoms with Crippen molar-refractivity contribution in [2.75, 3.05) is 12.4 Å². The molecular formula is C12H11N5S. The number of hydrogen-bond acceptors (Lipinski definition) is 5. The van der Waals surface area contributed by atoms with Crippen LogP contribution in [0.3, 0.4) is 0 Å². The minimum atomic E-state index is 0.746. The Morgan fingerprint density at radius 3 is 2.89 bits per heavy atom. The molecule has 0 amide bonds. The van der Waals surface area contributed by atoms with Gasteiger partial charge < -0.3 is 10.3 Å². The Kier molecular flexibility index (Phi) is 2.85. The molecule has 0 bridgehead atoms. The molecule has 0 spiro atoms. The van der Waals surface area contributed by atoms with E-state index in [4.69, 9.17) is 0 Å². The summed E-state index contributed by atoms with van der Waals surface area (Å²) in [5.41, 5.74) is 1.98. The van der Waals surface area contributed by atoms with Gasteiger partial charge in [-0.2, -0.15) is 0 Å². The zero-order valence-corrected chi connectivity index (χ0v) is 10.5. The van der Waals surface area contributed by atoms with Crippen molar-refractivity contribution in [3.63, 3.8) is 0 Å². The summed E-state index contributed by atoms with van der Waals surface area (Å²) >= 11 is 1.46. The molecule has 0 fully saturated rings. The first-order valence-corrected chi connectivity index (χ1v) is 6.29. The van der Waals surface area contributed by atoms with Gasteiger partial charge in [-0.15, -0.1) is 0 Å². The van der Waals surface area contributed by atoms with Gasteiger partial charge in [-0.25, -0.2) is 9.97 Å². The Hall–Kier alpha value is -2.08. The van der Waals surface area contributed by atoms with Crippen LogP contribution in [0.1, 0.15) is 0 Å². The fraction of sp³-hybridized carbons (Fsp3) is 0.0833. The second-order valence-corrected chi connectivity index (χ2v) is 4.66. The summed E-state index contributed by atoms with van der Waals surface area (Å²) in [5.74, 6) is 0.746. The molecule has 2 N–H and O–H groups in total. The van der Waals surface area contributed by atoms with Crippen molar-refractivity contribution < 1.29 is 0 Å². The Labute approximate surface area is 108 Å². The number of anilines is 1. The van der Waals surface area contributed by atoms with E-state index in [0.717, 1.165) is 27.0 Å². The number of para-hydroxylation sites is 2. The van der Waals surface area contributed by atoms with Gasteiger partial charge in [0.05, 0.1) is 23.4 Å². The molecule has 2 aromatic heterocycles. The molecule has 18 heavy (non-hydrogen) atoms. The molecule has 0 saturated heterocycles. The van der Waals surface area contributed by atoms with Crippen LogP contribution in [0.15, 0.2) is 46.8 Å². The smallest absolute Gasteiger partial charge is 0.172 e. The normalized spacial score (nSPS) is 10.7. The lowest BCUT2D eigenvalue weighted by Crippen LogP contribution is -1.94. The number of nitrogens with zero attached hydrogens (tertiary/aromatic N) is 3. The van der Waals surface area contributed by atoms with Gasteiger partial charge in [-0.1, -0.05) is 12.1 Å². The molecule has 0 saturated carbocycles. The summed E-state index contributed by atoms with van der Waals surface area (Å²) in [6.07, 6.45) is 3.40. The lowest BCUT2D eigenvalue weighted by atomic mass is 10.3. The van der Waals surface area contributed by atoms with Crippen LogP contribution in [0.2, 0.25) is 0 Å². The second-order valence-electron chi connectivity index (χ2n) is 3.65. The first-order valence-electron chi connectivity index (χ1n) is 5.47. The monoisotopic (exact) mass is 257 g/mol. The van der Waals surface area contributed by atoms with Crippen LogP contribution in [0.4, 0.5) is 5.82 Å². The van der Waals surface area contributed by atoms with E-state index in [1.54, 1.807) is 12.4 Å². The third kappa shape index (κ3) is 2.14. The van der Waals surface area contributed by atoms with Gasteiger partial charge in [-0.3, -0.25) is 4.98 Å². The first kappa shape index (κ1) is 11.0. The maximum atomic E-state index is 4.48. The maximum absolute atomic E-state index is 4.48. The number of hydrogen-bond donors (Lipinski definition) is 2. The minimum absolute atomic E-state index is 0.746. The average molecular weight is 257 g/mol. The predicted octanol–water partition coefficient (Wildman–Crippen LogP) is 2.55. The number of aromatic nitrogens is 4. The largest absolute Gasteiger partial charge is 0.372 e. The molecule has 0 unspecified atom stereocenters. The number of aromatic amines is 1. The van der Waals surface area contributed by atoms with E-state index in [1.165, 1.54) is 11.8 Å². The SMILES string of the molecule is CNc1cncc(Sc2nc3ccccc3[nH]2)n1. The summed E-state index contributed by atoms with van der Waals surface area (Å²) in [4.78, 5) is 16.2. The van der Waals surface area contributed by atoms with Gasteiger partial charge in [0, 0.05) is 7.05 Å². The van der Waals surface area contributed by atoms with Gasteiger partial charge in [0.1, 0.15) is 10.8 Å².